The van der Waals surface area contributed by atoms with Crippen molar-refractivity contribution < 1.29 is 12.8 Å². The van der Waals surface area contributed by atoms with Crippen LogP contribution in [0.3, 0.4) is 0 Å². The number of hydrogen-bond donors (Lipinski definition) is 1. The van der Waals surface area contributed by atoms with Gasteiger partial charge in [0.2, 0.25) is 0 Å². The summed E-state index contributed by atoms with van der Waals surface area (Å²) in [6, 6.07) is 13.0. The molecule has 1 atom stereocenters. The third-order valence-corrected chi connectivity index (χ3v) is 5.10. The van der Waals surface area contributed by atoms with E-state index >= 15 is 0 Å². The van der Waals surface area contributed by atoms with Gasteiger partial charge in [-0.3, -0.25) is 0 Å². The molecule has 2 aromatic rings. The van der Waals surface area contributed by atoms with Gasteiger partial charge in [0.15, 0.2) is 9.84 Å². The Bertz CT molecular complexity index is 694. The molecule has 0 radical (unpaired) electrons. The van der Waals surface area contributed by atoms with Crippen molar-refractivity contribution in [1.82, 2.24) is 0 Å². The molecule has 0 fully saturated rings. The molecule has 0 spiro atoms. The van der Waals surface area contributed by atoms with Crippen molar-refractivity contribution in [3.05, 3.63) is 59.9 Å². The molecular weight excluding hydrogens is 289 g/mol. The number of sulfone groups is 1. The maximum atomic E-state index is 12.9. The zero-order valence-electron chi connectivity index (χ0n) is 12.0. The van der Waals surface area contributed by atoms with Gasteiger partial charge in [-0.25, -0.2) is 12.8 Å². The number of nitrogens with one attached hydrogen (secondary N) is 1. The van der Waals surface area contributed by atoms with Crippen LogP contribution in [0.25, 0.3) is 0 Å². The van der Waals surface area contributed by atoms with Crippen LogP contribution in [0, 0.1) is 5.82 Å². The fourth-order valence-corrected chi connectivity index (χ4v) is 2.89. The molecule has 21 heavy (non-hydrogen) atoms. The summed E-state index contributed by atoms with van der Waals surface area (Å²) in [7, 11) is -3.17. The lowest BCUT2D eigenvalue weighted by atomic mass is 10.1. The first kappa shape index (κ1) is 15.5. The predicted molar refractivity (Wildman–Crippen MR) is 82.6 cm³/mol. The first-order valence-corrected chi connectivity index (χ1v) is 8.42. The zero-order valence-corrected chi connectivity index (χ0v) is 12.8. The minimum Gasteiger partial charge on any atom is -0.379 e. The number of halogens is 1. The molecule has 0 aliphatic heterocycles. The first-order valence-electron chi connectivity index (χ1n) is 6.77. The molecule has 2 aromatic carbocycles. The van der Waals surface area contributed by atoms with Crippen LogP contribution in [0.5, 0.6) is 0 Å². The SMILES string of the molecule is CCS(=O)(=O)c1ccc(NC(C)c2ccc(F)cc2)cc1. The van der Waals surface area contributed by atoms with Gasteiger partial charge in [0, 0.05) is 11.7 Å². The number of anilines is 1. The first-order chi connectivity index (χ1) is 9.92. The van der Waals surface area contributed by atoms with Crippen LogP contribution < -0.4 is 5.32 Å². The second kappa shape index (κ2) is 6.26. The monoisotopic (exact) mass is 307 g/mol. The third-order valence-electron chi connectivity index (χ3n) is 3.35. The van der Waals surface area contributed by atoms with Crippen LogP contribution in [0.2, 0.25) is 0 Å². The molecule has 1 N–H and O–H groups in total. The van der Waals surface area contributed by atoms with E-state index in [-0.39, 0.29) is 17.6 Å². The van der Waals surface area contributed by atoms with Crippen LogP contribution >= 0.6 is 0 Å². The van der Waals surface area contributed by atoms with Crippen molar-refractivity contribution in [2.45, 2.75) is 24.8 Å². The summed E-state index contributed by atoms with van der Waals surface area (Å²) in [5.41, 5.74) is 1.78. The van der Waals surface area contributed by atoms with E-state index in [2.05, 4.69) is 5.32 Å². The van der Waals surface area contributed by atoms with Gasteiger partial charge >= 0.3 is 0 Å². The molecule has 112 valence electrons. The summed E-state index contributed by atoms with van der Waals surface area (Å²) in [5.74, 6) is -0.175. The highest BCUT2D eigenvalue weighted by Crippen LogP contribution is 2.21. The van der Waals surface area contributed by atoms with Crippen LogP contribution in [0.1, 0.15) is 25.5 Å². The quantitative estimate of drug-likeness (QED) is 0.914. The number of hydrogen-bond acceptors (Lipinski definition) is 3. The molecule has 0 aromatic heterocycles. The Morgan fingerprint density at radius 1 is 1.05 bits per heavy atom. The van der Waals surface area contributed by atoms with Crippen molar-refractivity contribution in [2.24, 2.45) is 0 Å². The summed E-state index contributed by atoms with van der Waals surface area (Å²) in [4.78, 5) is 0.324. The largest absolute Gasteiger partial charge is 0.379 e. The molecule has 5 heteroatoms. The van der Waals surface area contributed by atoms with E-state index in [0.717, 1.165) is 11.3 Å². The lowest BCUT2D eigenvalue weighted by Crippen LogP contribution is -2.07. The normalized spacial score (nSPS) is 12.9. The molecular formula is C16H18FNO2S. The highest BCUT2D eigenvalue weighted by molar-refractivity contribution is 7.91. The third kappa shape index (κ3) is 3.82. The summed E-state index contributed by atoms with van der Waals surface area (Å²) < 4.78 is 36.4. The predicted octanol–water partition coefficient (Wildman–Crippen LogP) is 3.79. The molecule has 0 saturated carbocycles. The Morgan fingerprint density at radius 2 is 1.62 bits per heavy atom. The maximum Gasteiger partial charge on any atom is 0.178 e. The van der Waals surface area contributed by atoms with Gasteiger partial charge < -0.3 is 5.32 Å². The Hall–Kier alpha value is -1.88. The molecule has 1 unspecified atom stereocenters. The Kier molecular flexibility index (Phi) is 4.63. The van der Waals surface area contributed by atoms with Gasteiger partial charge in [-0.2, -0.15) is 0 Å². The maximum absolute atomic E-state index is 12.9. The van der Waals surface area contributed by atoms with Crippen molar-refractivity contribution in [3.8, 4) is 0 Å². The summed E-state index contributed by atoms with van der Waals surface area (Å²) >= 11 is 0. The van der Waals surface area contributed by atoms with Crippen LogP contribution in [0.15, 0.2) is 53.4 Å². The van der Waals surface area contributed by atoms with E-state index < -0.39 is 9.84 Å². The average Bonchev–Trinajstić information content (AvgIpc) is 2.48. The average molecular weight is 307 g/mol. The Morgan fingerprint density at radius 3 is 2.14 bits per heavy atom. The number of benzene rings is 2. The van der Waals surface area contributed by atoms with Crippen molar-refractivity contribution in [2.75, 3.05) is 11.1 Å². The van der Waals surface area contributed by atoms with Gasteiger partial charge in [-0.1, -0.05) is 19.1 Å². The molecule has 0 amide bonds. The van der Waals surface area contributed by atoms with Gasteiger partial charge in [0.1, 0.15) is 5.82 Å². The lowest BCUT2D eigenvalue weighted by Gasteiger charge is -2.16. The molecule has 3 nitrogen and oxygen atoms in total. The topological polar surface area (TPSA) is 46.2 Å². The zero-order chi connectivity index (χ0) is 15.5. The van der Waals surface area contributed by atoms with Gasteiger partial charge in [-0.05, 0) is 48.9 Å². The van der Waals surface area contributed by atoms with E-state index in [4.69, 9.17) is 0 Å². The molecule has 0 aliphatic carbocycles. The highest BCUT2D eigenvalue weighted by atomic mass is 32.2. The van der Waals surface area contributed by atoms with Gasteiger partial charge in [-0.15, -0.1) is 0 Å². The summed E-state index contributed by atoms with van der Waals surface area (Å²) in [5, 5.41) is 3.26. The second-order valence-electron chi connectivity index (χ2n) is 4.85. The van der Waals surface area contributed by atoms with E-state index in [0.29, 0.717) is 4.90 Å². The Balaban J connectivity index is 2.11. The molecule has 0 heterocycles. The Labute approximate surface area is 124 Å². The van der Waals surface area contributed by atoms with E-state index in [1.165, 1.54) is 12.1 Å². The molecule has 0 aliphatic rings. The smallest absolute Gasteiger partial charge is 0.178 e. The number of rotatable bonds is 5. The van der Waals surface area contributed by atoms with Crippen LogP contribution in [-0.2, 0) is 9.84 Å². The van der Waals surface area contributed by atoms with E-state index in [9.17, 15) is 12.8 Å². The minimum absolute atomic E-state index is 0.000711. The fraction of sp³-hybridized carbons (Fsp3) is 0.250. The minimum atomic E-state index is -3.17. The second-order valence-corrected chi connectivity index (χ2v) is 7.12. The molecule has 0 saturated heterocycles. The molecule has 0 bridgehead atoms. The standard InChI is InChI=1S/C16H18FNO2S/c1-3-21(19,20)16-10-8-15(9-11-16)18-12(2)13-4-6-14(17)7-5-13/h4-12,18H,3H2,1-2H3. The highest BCUT2D eigenvalue weighted by Gasteiger charge is 2.11. The summed E-state index contributed by atoms with van der Waals surface area (Å²) in [6.45, 7) is 3.59. The van der Waals surface area contributed by atoms with Crippen molar-refractivity contribution in [3.63, 3.8) is 0 Å². The van der Waals surface area contributed by atoms with Crippen molar-refractivity contribution in [1.29, 1.82) is 0 Å². The van der Waals surface area contributed by atoms with Crippen molar-refractivity contribution >= 4 is 15.5 Å². The molecule has 2 rings (SSSR count). The fourth-order valence-electron chi connectivity index (χ4n) is 2.01. The van der Waals surface area contributed by atoms with Gasteiger partial charge in [0.05, 0.1) is 10.6 Å². The van der Waals surface area contributed by atoms with E-state index in [1.54, 1.807) is 43.3 Å². The lowest BCUT2D eigenvalue weighted by molar-refractivity contribution is 0.597. The van der Waals surface area contributed by atoms with Crippen LogP contribution in [0.4, 0.5) is 10.1 Å². The summed E-state index contributed by atoms with van der Waals surface area (Å²) in [6.07, 6.45) is 0. The van der Waals surface area contributed by atoms with Gasteiger partial charge in [0.25, 0.3) is 0 Å². The van der Waals surface area contributed by atoms with E-state index in [1.807, 2.05) is 6.92 Å². The van der Waals surface area contributed by atoms with Crippen LogP contribution in [-0.4, -0.2) is 14.2 Å².